The molecule has 1 aromatic carbocycles. The maximum atomic E-state index is 13.5. The van der Waals surface area contributed by atoms with Crippen LogP contribution < -0.4 is 5.32 Å². The summed E-state index contributed by atoms with van der Waals surface area (Å²) in [4.78, 5) is 11.7. The predicted octanol–water partition coefficient (Wildman–Crippen LogP) is 1.97. The first kappa shape index (κ1) is 15.8. The lowest BCUT2D eigenvalue weighted by atomic mass is 9.96. The highest BCUT2D eigenvalue weighted by molar-refractivity contribution is 7.91. The zero-order valence-corrected chi connectivity index (χ0v) is 12.7. The predicted molar refractivity (Wildman–Crippen MR) is 77.6 cm³/mol. The molecule has 0 spiro atoms. The fourth-order valence-electron chi connectivity index (χ4n) is 3.06. The molecule has 21 heavy (non-hydrogen) atoms. The van der Waals surface area contributed by atoms with Crippen molar-refractivity contribution >= 4 is 21.5 Å². The summed E-state index contributed by atoms with van der Waals surface area (Å²) in [7, 11) is -3.53. The highest BCUT2D eigenvalue weighted by atomic mass is 32.2. The van der Waals surface area contributed by atoms with E-state index in [1.807, 2.05) is 0 Å². The zero-order chi connectivity index (χ0) is 15.8. The maximum absolute atomic E-state index is 13.5. The number of rotatable bonds is 4. The van der Waals surface area contributed by atoms with E-state index in [0.29, 0.717) is 12.0 Å². The van der Waals surface area contributed by atoms with Crippen molar-refractivity contribution < 1.29 is 22.7 Å². The third-order valence-corrected chi connectivity index (χ3v) is 5.57. The molecule has 1 aromatic rings. The summed E-state index contributed by atoms with van der Waals surface area (Å²) in [6.07, 6.45) is 2.01. The summed E-state index contributed by atoms with van der Waals surface area (Å²) >= 11 is 0. The number of halogens is 1. The van der Waals surface area contributed by atoms with Crippen molar-refractivity contribution in [2.24, 2.45) is 0 Å². The number of nitrogens with one attached hydrogen (secondary N) is 1. The van der Waals surface area contributed by atoms with Crippen LogP contribution in [0.1, 0.15) is 24.8 Å². The molecule has 0 heterocycles. The van der Waals surface area contributed by atoms with Crippen LogP contribution in [0.3, 0.4) is 0 Å². The van der Waals surface area contributed by atoms with Crippen LogP contribution >= 0.6 is 0 Å². The summed E-state index contributed by atoms with van der Waals surface area (Å²) in [6, 6.07) is 4.10. The molecule has 1 aliphatic carbocycles. The summed E-state index contributed by atoms with van der Waals surface area (Å²) in [6.45, 7) is 1.68. The second-order valence-electron chi connectivity index (χ2n) is 5.63. The Hall–Kier alpha value is -1.63. The van der Waals surface area contributed by atoms with Crippen molar-refractivity contribution in [2.75, 3.05) is 11.6 Å². The largest absolute Gasteiger partial charge is 0.479 e. The molecule has 0 aromatic heterocycles. The fourth-order valence-corrected chi connectivity index (χ4v) is 4.66. The van der Waals surface area contributed by atoms with E-state index in [1.54, 1.807) is 13.0 Å². The van der Waals surface area contributed by atoms with Gasteiger partial charge in [0.15, 0.2) is 15.4 Å². The third-order valence-electron chi connectivity index (χ3n) is 3.90. The molecule has 7 heteroatoms. The minimum Gasteiger partial charge on any atom is -0.479 e. The van der Waals surface area contributed by atoms with Gasteiger partial charge in [-0.05, 0) is 49.9 Å². The lowest BCUT2D eigenvalue weighted by molar-refractivity contribution is -0.142. The summed E-state index contributed by atoms with van der Waals surface area (Å²) in [5.74, 6) is -1.72. The van der Waals surface area contributed by atoms with E-state index < -0.39 is 32.4 Å². The Morgan fingerprint density at radius 2 is 2.10 bits per heavy atom. The van der Waals surface area contributed by atoms with Crippen molar-refractivity contribution in [3.63, 3.8) is 0 Å². The molecule has 5 nitrogen and oxygen atoms in total. The molecule has 0 bridgehead atoms. The van der Waals surface area contributed by atoms with Crippen molar-refractivity contribution in [1.82, 2.24) is 0 Å². The second-order valence-corrected chi connectivity index (χ2v) is 7.86. The van der Waals surface area contributed by atoms with Gasteiger partial charge in [-0.15, -0.1) is 0 Å². The van der Waals surface area contributed by atoms with Crippen LogP contribution in [0.25, 0.3) is 0 Å². The van der Waals surface area contributed by atoms with Crippen LogP contribution in [-0.4, -0.2) is 36.5 Å². The standard InChI is InChI=1S/C14H18FNO4S/c1-9-6-10(15)8-11(7-9)16-14(13(17)18)5-3-4-12(14)21(2,19)20/h6-8,12,16H,3-5H2,1-2H3,(H,17,18). The molecule has 0 amide bonds. The Morgan fingerprint density at radius 1 is 1.43 bits per heavy atom. The molecule has 1 aliphatic rings. The average Bonchev–Trinajstić information content (AvgIpc) is 2.72. The van der Waals surface area contributed by atoms with Crippen molar-refractivity contribution in [3.05, 3.63) is 29.6 Å². The van der Waals surface area contributed by atoms with Crippen molar-refractivity contribution in [1.29, 1.82) is 0 Å². The number of carboxylic acids is 1. The summed E-state index contributed by atoms with van der Waals surface area (Å²) in [5.41, 5.74) is -0.689. The molecule has 0 saturated heterocycles. The van der Waals surface area contributed by atoms with Gasteiger partial charge < -0.3 is 10.4 Å². The first-order chi connectivity index (χ1) is 9.65. The van der Waals surface area contributed by atoms with Crippen molar-refractivity contribution in [3.8, 4) is 0 Å². The van der Waals surface area contributed by atoms with Gasteiger partial charge in [-0.2, -0.15) is 0 Å². The number of benzene rings is 1. The van der Waals surface area contributed by atoms with Crippen LogP contribution in [0.2, 0.25) is 0 Å². The summed E-state index contributed by atoms with van der Waals surface area (Å²) in [5, 5.41) is 11.3. The minimum atomic E-state index is -3.53. The van der Waals surface area contributed by atoms with Gasteiger partial charge in [0.2, 0.25) is 0 Å². The molecule has 1 fully saturated rings. The van der Waals surface area contributed by atoms with E-state index in [9.17, 15) is 22.7 Å². The Kier molecular flexibility index (Phi) is 3.97. The highest BCUT2D eigenvalue weighted by Gasteiger charge is 2.54. The maximum Gasteiger partial charge on any atom is 0.330 e. The number of sulfone groups is 1. The number of aliphatic carboxylic acids is 1. The molecule has 2 unspecified atom stereocenters. The van der Waals surface area contributed by atoms with E-state index in [2.05, 4.69) is 5.32 Å². The molecule has 0 radical (unpaired) electrons. The van der Waals surface area contributed by atoms with E-state index in [0.717, 1.165) is 6.26 Å². The lowest BCUT2D eigenvalue weighted by Crippen LogP contribution is -2.55. The zero-order valence-electron chi connectivity index (χ0n) is 11.9. The Bertz CT molecular complexity index is 653. The molecular formula is C14H18FNO4S. The van der Waals surface area contributed by atoms with Crippen molar-refractivity contribution in [2.45, 2.75) is 37.0 Å². The summed E-state index contributed by atoms with van der Waals surface area (Å²) < 4.78 is 37.3. The first-order valence-electron chi connectivity index (χ1n) is 6.63. The van der Waals surface area contributed by atoms with Crippen LogP contribution in [-0.2, 0) is 14.6 Å². The van der Waals surface area contributed by atoms with Gasteiger partial charge >= 0.3 is 5.97 Å². The van der Waals surface area contributed by atoms with Gasteiger partial charge in [0.1, 0.15) is 5.82 Å². The van der Waals surface area contributed by atoms with E-state index in [1.165, 1.54) is 12.1 Å². The van der Waals surface area contributed by atoms with Crippen LogP contribution in [0.5, 0.6) is 0 Å². The Balaban J connectivity index is 2.46. The minimum absolute atomic E-state index is 0.190. The number of carboxylic acid groups (broad SMARTS) is 1. The number of hydrogen-bond acceptors (Lipinski definition) is 4. The number of carbonyl (C=O) groups is 1. The topological polar surface area (TPSA) is 83.5 Å². The van der Waals surface area contributed by atoms with Crippen LogP contribution in [0.15, 0.2) is 18.2 Å². The normalized spacial score (nSPS) is 25.8. The van der Waals surface area contributed by atoms with Gasteiger partial charge in [0.25, 0.3) is 0 Å². The number of hydrogen-bond donors (Lipinski definition) is 2. The second kappa shape index (κ2) is 5.29. The molecule has 2 atom stereocenters. The van der Waals surface area contributed by atoms with Gasteiger partial charge in [0, 0.05) is 11.9 Å². The first-order valence-corrected chi connectivity index (χ1v) is 8.58. The number of anilines is 1. The SMILES string of the molecule is Cc1cc(F)cc(NC2(C(=O)O)CCCC2S(C)(=O)=O)c1. The number of aryl methyl sites for hydroxylation is 1. The van der Waals surface area contributed by atoms with E-state index in [-0.39, 0.29) is 18.5 Å². The van der Waals surface area contributed by atoms with Gasteiger partial charge in [-0.3, -0.25) is 0 Å². The molecule has 2 rings (SSSR count). The molecule has 2 N–H and O–H groups in total. The van der Waals surface area contributed by atoms with Gasteiger partial charge in [-0.1, -0.05) is 0 Å². The molecule has 116 valence electrons. The average molecular weight is 315 g/mol. The monoisotopic (exact) mass is 315 g/mol. The van der Waals surface area contributed by atoms with Crippen LogP contribution in [0.4, 0.5) is 10.1 Å². The van der Waals surface area contributed by atoms with E-state index >= 15 is 0 Å². The molecule has 0 aliphatic heterocycles. The van der Waals surface area contributed by atoms with E-state index in [4.69, 9.17) is 0 Å². The lowest BCUT2D eigenvalue weighted by Gasteiger charge is -2.32. The Morgan fingerprint density at radius 3 is 2.62 bits per heavy atom. The smallest absolute Gasteiger partial charge is 0.330 e. The molecule has 1 saturated carbocycles. The van der Waals surface area contributed by atoms with Gasteiger partial charge in [0.05, 0.1) is 5.25 Å². The Labute approximate surface area is 123 Å². The van der Waals surface area contributed by atoms with Crippen LogP contribution in [0, 0.1) is 12.7 Å². The fraction of sp³-hybridized carbons (Fsp3) is 0.500. The van der Waals surface area contributed by atoms with Gasteiger partial charge in [-0.25, -0.2) is 17.6 Å². The molecular weight excluding hydrogens is 297 g/mol. The highest BCUT2D eigenvalue weighted by Crippen LogP contribution is 2.38. The third kappa shape index (κ3) is 3.02. The quantitative estimate of drug-likeness (QED) is 0.887.